The molecular weight excluding hydrogens is 529 g/mol. The third-order valence-electron chi connectivity index (χ3n) is 6.96. The van der Waals surface area contributed by atoms with Crippen LogP contribution >= 0.6 is 0 Å². The number of pyridine rings is 2. The Morgan fingerprint density at radius 1 is 0.854 bits per heavy atom. The molecule has 0 fully saturated rings. The number of nitrogens with one attached hydrogen (secondary N) is 1. The predicted octanol–water partition coefficient (Wildman–Crippen LogP) is 6.59. The second-order valence-corrected chi connectivity index (χ2v) is 9.82. The van der Waals surface area contributed by atoms with Gasteiger partial charge in [-0.25, -0.2) is 15.0 Å². The molecule has 0 unspecified atom stereocenters. The van der Waals surface area contributed by atoms with Crippen molar-refractivity contribution >= 4 is 11.2 Å². The molecule has 4 aromatic heterocycles. The lowest BCUT2D eigenvalue weighted by atomic mass is 9.95. The summed E-state index contributed by atoms with van der Waals surface area (Å²) >= 11 is 0. The van der Waals surface area contributed by atoms with Crippen LogP contribution in [0.2, 0.25) is 0 Å². The number of hydrogen-bond donors (Lipinski definition) is 1. The van der Waals surface area contributed by atoms with Crippen LogP contribution in [0.1, 0.15) is 35.3 Å². The number of alkyl halides is 3. The van der Waals surface area contributed by atoms with Gasteiger partial charge in [-0.2, -0.15) is 18.4 Å². The van der Waals surface area contributed by atoms with Gasteiger partial charge in [0.1, 0.15) is 17.0 Å². The first-order valence-corrected chi connectivity index (χ1v) is 13.1. The first kappa shape index (κ1) is 26.3. The van der Waals surface area contributed by atoms with Crippen molar-refractivity contribution in [3.05, 3.63) is 95.1 Å². The van der Waals surface area contributed by atoms with E-state index >= 15 is 0 Å². The highest BCUT2D eigenvalue weighted by atomic mass is 19.4. The van der Waals surface area contributed by atoms with Crippen LogP contribution in [0.15, 0.2) is 66.7 Å². The van der Waals surface area contributed by atoms with E-state index in [0.29, 0.717) is 23.5 Å². The molecule has 0 aliphatic carbocycles. The maximum absolute atomic E-state index is 13.3. The van der Waals surface area contributed by atoms with Crippen molar-refractivity contribution in [1.82, 2.24) is 40.1 Å². The number of H-pyrrole nitrogens is 1. The Morgan fingerprint density at radius 2 is 1.63 bits per heavy atom. The molecule has 0 aliphatic heterocycles. The summed E-state index contributed by atoms with van der Waals surface area (Å²) in [5.74, 6) is 1.34. The van der Waals surface area contributed by atoms with Crippen LogP contribution in [0, 0.1) is 13.8 Å². The zero-order chi connectivity index (χ0) is 28.7. The molecule has 0 aliphatic rings. The predicted molar refractivity (Wildman–Crippen MR) is 149 cm³/mol. The van der Waals surface area contributed by atoms with Crippen molar-refractivity contribution in [2.24, 2.45) is 0 Å². The van der Waals surface area contributed by atoms with Gasteiger partial charge in [-0.3, -0.25) is 0 Å². The molecule has 4 heterocycles. The highest BCUT2D eigenvalue weighted by Crippen LogP contribution is 2.35. The van der Waals surface area contributed by atoms with Crippen molar-refractivity contribution in [1.29, 1.82) is 0 Å². The molecule has 0 saturated heterocycles. The Labute approximate surface area is 233 Å². The minimum atomic E-state index is -4.54. The summed E-state index contributed by atoms with van der Waals surface area (Å²) < 4.78 is 42.1. The summed E-state index contributed by atoms with van der Waals surface area (Å²) in [6, 6.07) is 19.2. The van der Waals surface area contributed by atoms with Crippen LogP contribution in [-0.2, 0) is 19.1 Å². The number of nitrogens with zero attached hydrogens (tertiary/aromatic N) is 7. The molecule has 206 valence electrons. The fraction of sp³-hybridized carbons (Fsp3) is 0.200. The fourth-order valence-electron chi connectivity index (χ4n) is 5.02. The van der Waals surface area contributed by atoms with E-state index in [-0.39, 0.29) is 5.69 Å². The third-order valence-corrected chi connectivity index (χ3v) is 6.96. The molecule has 6 aromatic rings. The van der Waals surface area contributed by atoms with Gasteiger partial charge in [0.25, 0.3) is 0 Å². The van der Waals surface area contributed by atoms with E-state index in [4.69, 9.17) is 9.97 Å². The lowest BCUT2D eigenvalue weighted by Crippen LogP contribution is -2.08. The first-order valence-electron chi connectivity index (χ1n) is 13.1. The maximum atomic E-state index is 13.3. The zero-order valence-electron chi connectivity index (χ0n) is 22.5. The molecule has 0 radical (unpaired) electrons. The summed E-state index contributed by atoms with van der Waals surface area (Å²) in [4.78, 5) is 13.5. The number of imidazole rings is 1. The number of aryl methyl sites for hydroxylation is 3. The van der Waals surface area contributed by atoms with Crippen LogP contribution in [0.3, 0.4) is 0 Å². The van der Waals surface area contributed by atoms with E-state index in [0.717, 1.165) is 57.4 Å². The van der Waals surface area contributed by atoms with Gasteiger partial charge in [0.2, 0.25) is 5.82 Å². The van der Waals surface area contributed by atoms with Gasteiger partial charge in [-0.05, 0) is 71.6 Å². The van der Waals surface area contributed by atoms with Crippen LogP contribution < -0.4 is 0 Å². The summed E-state index contributed by atoms with van der Waals surface area (Å²) in [6.45, 7) is 6.71. The highest BCUT2D eigenvalue weighted by Gasteiger charge is 2.32. The normalized spacial score (nSPS) is 11.9. The zero-order valence-corrected chi connectivity index (χ0v) is 22.5. The largest absolute Gasteiger partial charge is 0.433 e. The van der Waals surface area contributed by atoms with Crippen LogP contribution in [0.4, 0.5) is 13.2 Å². The number of rotatable bonds is 6. The number of aromatic nitrogens is 8. The summed E-state index contributed by atoms with van der Waals surface area (Å²) in [5.41, 5.74) is 6.96. The third kappa shape index (κ3) is 5.06. The highest BCUT2D eigenvalue weighted by molar-refractivity contribution is 5.84. The molecule has 0 atom stereocenters. The molecule has 0 amide bonds. The van der Waals surface area contributed by atoms with Gasteiger partial charge >= 0.3 is 6.18 Å². The standard InChI is InChI=1S/C30H25F3N8/c1-4-26-36-27-17(2)14-18(3)34-29(27)41(26)16-19-8-10-20(11-9-19)23-15-21(12-13-22(23)28-37-39-40-38-28)24-6-5-7-25(35-24)30(31,32)33/h5-15H,4,16H2,1-3H3,(H,37,38,39,40). The Kier molecular flexibility index (Phi) is 6.56. The Bertz CT molecular complexity index is 1860. The van der Waals surface area contributed by atoms with Crippen LogP contribution in [0.5, 0.6) is 0 Å². The first-order chi connectivity index (χ1) is 19.7. The molecule has 11 heteroatoms. The maximum Gasteiger partial charge on any atom is 0.433 e. The average molecular weight is 555 g/mol. The van der Waals surface area contributed by atoms with Crippen molar-refractivity contribution in [2.45, 2.75) is 39.9 Å². The molecule has 0 saturated carbocycles. The van der Waals surface area contributed by atoms with Gasteiger partial charge in [-0.1, -0.05) is 43.3 Å². The quantitative estimate of drug-likeness (QED) is 0.250. The van der Waals surface area contributed by atoms with E-state index in [1.54, 1.807) is 24.3 Å². The molecule has 1 N–H and O–H groups in total. The van der Waals surface area contributed by atoms with Gasteiger partial charge in [0.05, 0.1) is 12.2 Å². The van der Waals surface area contributed by atoms with E-state index in [1.165, 1.54) is 6.07 Å². The molecule has 6 rings (SSSR count). The average Bonchev–Trinajstić information content (AvgIpc) is 3.62. The van der Waals surface area contributed by atoms with E-state index in [1.807, 2.05) is 44.2 Å². The van der Waals surface area contributed by atoms with E-state index in [2.05, 4.69) is 37.1 Å². The molecular formula is C30H25F3N8. The van der Waals surface area contributed by atoms with Gasteiger partial charge in [-0.15, -0.1) is 10.2 Å². The lowest BCUT2D eigenvalue weighted by molar-refractivity contribution is -0.141. The Balaban J connectivity index is 1.39. The van der Waals surface area contributed by atoms with Crippen molar-refractivity contribution in [3.63, 3.8) is 0 Å². The number of tetrazole rings is 1. The molecule has 0 bridgehead atoms. The van der Waals surface area contributed by atoms with Gasteiger partial charge < -0.3 is 4.57 Å². The molecule has 2 aromatic carbocycles. The molecule has 8 nitrogen and oxygen atoms in total. The molecule has 41 heavy (non-hydrogen) atoms. The molecule has 0 spiro atoms. The monoisotopic (exact) mass is 554 g/mol. The number of benzene rings is 2. The Morgan fingerprint density at radius 3 is 2.34 bits per heavy atom. The van der Waals surface area contributed by atoms with Crippen molar-refractivity contribution in [3.8, 4) is 33.8 Å². The SMILES string of the molecule is CCc1nc2c(C)cc(C)nc2n1Cc1ccc(-c2cc(-c3cccc(C(F)(F)F)n3)ccc2-c2nn[nH]n2)cc1. The fourth-order valence-corrected chi connectivity index (χ4v) is 5.02. The van der Waals surface area contributed by atoms with Crippen LogP contribution in [-0.4, -0.2) is 40.1 Å². The van der Waals surface area contributed by atoms with Gasteiger partial charge in [0, 0.05) is 23.2 Å². The topological polar surface area (TPSA) is 98.1 Å². The van der Waals surface area contributed by atoms with Crippen molar-refractivity contribution < 1.29 is 13.2 Å². The number of fused-ring (bicyclic) bond motifs is 1. The smallest absolute Gasteiger partial charge is 0.308 e. The summed E-state index contributed by atoms with van der Waals surface area (Å²) in [6.07, 6.45) is -3.76. The summed E-state index contributed by atoms with van der Waals surface area (Å²) in [7, 11) is 0. The minimum absolute atomic E-state index is 0.217. The lowest BCUT2D eigenvalue weighted by Gasteiger charge is -2.13. The number of hydrogen-bond acceptors (Lipinski definition) is 6. The minimum Gasteiger partial charge on any atom is -0.308 e. The second kappa shape index (κ2) is 10.2. The Hall–Kier alpha value is -4.93. The van der Waals surface area contributed by atoms with E-state index in [9.17, 15) is 13.2 Å². The van der Waals surface area contributed by atoms with E-state index < -0.39 is 11.9 Å². The summed E-state index contributed by atoms with van der Waals surface area (Å²) in [5, 5.41) is 14.4. The number of halogens is 3. The van der Waals surface area contributed by atoms with Gasteiger partial charge in [0.15, 0.2) is 5.65 Å². The van der Waals surface area contributed by atoms with Crippen molar-refractivity contribution in [2.75, 3.05) is 0 Å². The number of aromatic amines is 1. The second-order valence-electron chi connectivity index (χ2n) is 9.82. The van der Waals surface area contributed by atoms with Crippen LogP contribution in [0.25, 0.3) is 44.9 Å².